The molecule has 1 N–H and O–H groups in total. The third kappa shape index (κ3) is 2.97. The van der Waals surface area contributed by atoms with E-state index in [0.29, 0.717) is 12.0 Å². The number of anilines is 1. The van der Waals surface area contributed by atoms with Crippen molar-refractivity contribution in [2.45, 2.75) is 31.7 Å². The largest absolute Gasteiger partial charge is 0.381 e. The predicted molar refractivity (Wildman–Crippen MR) is 107 cm³/mol. The number of hydrogen-bond donors (Lipinski definition) is 1. The number of fused-ring (bicyclic) bond motifs is 1. The Balaban J connectivity index is 1.71. The molecule has 8 heteroatoms. The molecule has 2 aliphatic rings. The number of aromatic nitrogens is 5. The molecule has 1 atom stereocenters. The highest BCUT2D eigenvalue weighted by molar-refractivity contribution is 5.92. The second-order valence-electron chi connectivity index (χ2n) is 7.71. The number of nitrogens with zero attached hydrogens (tertiary/aromatic N) is 5. The molecule has 8 nitrogen and oxygen atoms in total. The highest BCUT2D eigenvalue weighted by Gasteiger charge is 2.27. The summed E-state index contributed by atoms with van der Waals surface area (Å²) in [6.07, 6.45) is 3.81. The summed E-state index contributed by atoms with van der Waals surface area (Å²) in [5.74, 6) is 1.47. The van der Waals surface area contributed by atoms with Crippen LogP contribution in [0.2, 0.25) is 0 Å². The molecule has 0 saturated carbocycles. The van der Waals surface area contributed by atoms with Crippen LogP contribution in [0.1, 0.15) is 31.2 Å². The molecule has 3 aromatic rings. The molecule has 0 spiro atoms. The van der Waals surface area contributed by atoms with E-state index in [0.717, 1.165) is 74.1 Å². The van der Waals surface area contributed by atoms with Gasteiger partial charge in [0.05, 0.1) is 30.5 Å². The van der Waals surface area contributed by atoms with Crippen LogP contribution in [0.5, 0.6) is 0 Å². The Morgan fingerprint density at radius 1 is 1.18 bits per heavy atom. The van der Waals surface area contributed by atoms with Crippen molar-refractivity contribution in [3.63, 3.8) is 0 Å². The maximum atomic E-state index is 5.64. The molecule has 0 radical (unpaired) electrons. The number of ether oxygens (including phenoxy) is 2. The summed E-state index contributed by atoms with van der Waals surface area (Å²) in [4.78, 5) is 7.45. The minimum atomic E-state index is 0.300. The average Bonchev–Trinajstić information content (AvgIpc) is 3.37. The summed E-state index contributed by atoms with van der Waals surface area (Å²) in [6, 6.07) is 4.52. The van der Waals surface area contributed by atoms with E-state index in [1.807, 2.05) is 17.8 Å². The first kappa shape index (κ1) is 17.6. The van der Waals surface area contributed by atoms with Crippen molar-refractivity contribution in [3.8, 4) is 11.4 Å². The monoisotopic (exact) mass is 382 g/mol. The molecule has 0 aromatic carbocycles. The zero-order chi connectivity index (χ0) is 19.1. The maximum absolute atomic E-state index is 5.64. The van der Waals surface area contributed by atoms with Crippen LogP contribution in [-0.2, 0) is 16.5 Å². The first-order valence-electron chi connectivity index (χ1n) is 10.0. The van der Waals surface area contributed by atoms with E-state index in [-0.39, 0.29) is 0 Å². The topological polar surface area (TPSA) is 81.1 Å². The van der Waals surface area contributed by atoms with Crippen LogP contribution in [0.4, 0.5) is 5.82 Å². The Morgan fingerprint density at radius 2 is 2.04 bits per heavy atom. The first-order chi connectivity index (χ1) is 13.7. The molecule has 148 valence electrons. The van der Waals surface area contributed by atoms with Crippen LogP contribution in [0.25, 0.3) is 22.4 Å². The number of aryl methyl sites for hydroxylation is 1. The highest BCUT2D eigenvalue weighted by atomic mass is 16.5. The Morgan fingerprint density at radius 3 is 2.79 bits per heavy atom. The van der Waals surface area contributed by atoms with E-state index in [9.17, 15) is 0 Å². The lowest BCUT2D eigenvalue weighted by atomic mass is 9.90. The van der Waals surface area contributed by atoms with Gasteiger partial charge in [-0.1, -0.05) is 0 Å². The molecule has 2 aliphatic heterocycles. The van der Waals surface area contributed by atoms with Gasteiger partial charge in [0.15, 0.2) is 0 Å². The van der Waals surface area contributed by atoms with Gasteiger partial charge in [-0.3, -0.25) is 9.78 Å². The van der Waals surface area contributed by atoms with Gasteiger partial charge in [0.25, 0.3) is 0 Å². The van der Waals surface area contributed by atoms with E-state index in [1.165, 1.54) is 5.56 Å². The van der Waals surface area contributed by atoms with Gasteiger partial charge in [0, 0.05) is 33.0 Å². The second-order valence-corrected chi connectivity index (χ2v) is 7.71. The Hall–Kier alpha value is -2.45. The number of aromatic amines is 1. The van der Waals surface area contributed by atoms with Crippen LogP contribution in [0, 0.1) is 0 Å². The fourth-order valence-corrected chi connectivity index (χ4v) is 4.40. The smallest absolute Gasteiger partial charge is 0.136 e. The number of nitrogens with one attached hydrogen (secondary N) is 1. The fraction of sp³-hybridized carbons (Fsp3) is 0.550. The van der Waals surface area contributed by atoms with E-state index in [2.05, 4.69) is 28.1 Å². The zero-order valence-electron chi connectivity index (χ0n) is 16.4. The molecule has 0 unspecified atom stereocenters. The fourth-order valence-electron chi connectivity index (χ4n) is 4.40. The molecule has 0 aliphatic carbocycles. The molecular formula is C20H26N6O2. The third-order valence-corrected chi connectivity index (χ3v) is 5.89. The van der Waals surface area contributed by atoms with E-state index < -0.39 is 0 Å². The van der Waals surface area contributed by atoms with E-state index in [1.54, 1.807) is 6.20 Å². The lowest BCUT2D eigenvalue weighted by Crippen LogP contribution is -2.44. The molecule has 0 amide bonds. The number of H-pyrrole nitrogens is 1. The van der Waals surface area contributed by atoms with Crippen molar-refractivity contribution < 1.29 is 9.47 Å². The van der Waals surface area contributed by atoms with Crippen molar-refractivity contribution in [1.29, 1.82) is 0 Å². The summed E-state index contributed by atoms with van der Waals surface area (Å²) in [5, 5.41) is 12.0. The van der Waals surface area contributed by atoms with Gasteiger partial charge in [-0.2, -0.15) is 10.2 Å². The molecular weight excluding hydrogens is 356 g/mol. The van der Waals surface area contributed by atoms with E-state index >= 15 is 0 Å². The van der Waals surface area contributed by atoms with Crippen molar-refractivity contribution in [2.24, 2.45) is 7.05 Å². The quantitative estimate of drug-likeness (QED) is 0.750. The minimum absolute atomic E-state index is 0.300. The molecule has 2 fully saturated rings. The minimum Gasteiger partial charge on any atom is -0.381 e. The molecule has 0 bridgehead atoms. The van der Waals surface area contributed by atoms with Crippen LogP contribution >= 0.6 is 0 Å². The van der Waals surface area contributed by atoms with Gasteiger partial charge in [-0.15, -0.1) is 0 Å². The maximum Gasteiger partial charge on any atom is 0.136 e. The van der Waals surface area contributed by atoms with Crippen molar-refractivity contribution in [3.05, 3.63) is 23.9 Å². The van der Waals surface area contributed by atoms with Crippen LogP contribution < -0.4 is 4.90 Å². The summed E-state index contributed by atoms with van der Waals surface area (Å²) in [7, 11) is 2.00. The number of morpholine rings is 1. The highest BCUT2D eigenvalue weighted by Crippen LogP contribution is 2.37. The van der Waals surface area contributed by atoms with Crippen LogP contribution in [-0.4, -0.2) is 64.0 Å². The number of pyridine rings is 1. The molecule has 5 rings (SSSR count). The van der Waals surface area contributed by atoms with Crippen molar-refractivity contribution in [2.75, 3.05) is 37.9 Å². The Bertz CT molecular complexity index is 961. The molecule has 5 heterocycles. The predicted octanol–water partition coefficient (Wildman–Crippen LogP) is 2.48. The first-order valence-corrected chi connectivity index (χ1v) is 10.0. The van der Waals surface area contributed by atoms with Gasteiger partial charge in [0.1, 0.15) is 17.0 Å². The standard InChI is InChI=1S/C20H26N6O2/c1-13-12-28-10-7-26(13)17-11-15(14-4-8-27-9-5-14)20-19(22-17)18(24-25(20)2)16-3-6-21-23-16/h3,6,11,13-14H,4-5,7-10,12H2,1-2H3,(H,21,23)/t13-/m1/s1. The molecule has 2 saturated heterocycles. The van der Waals surface area contributed by atoms with E-state index in [4.69, 9.17) is 19.6 Å². The Labute approximate surface area is 163 Å². The zero-order valence-corrected chi connectivity index (χ0v) is 16.4. The Kier molecular flexibility index (Phi) is 4.52. The number of hydrogen-bond acceptors (Lipinski definition) is 6. The molecule has 3 aromatic heterocycles. The second kappa shape index (κ2) is 7.18. The van der Waals surface area contributed by atoms with Gasteiger partial charge in [0.2, 0.25) is 0 Å². The SMILES string of the molecule is C[C@@H]1COCCN1c1cc(C2CCOCC2)c2c(n1)c(-c1ccn[nH]1)nn2C. The van der Waals surface area contributed by atoms with Crippen LogP contribution in [0.15, 0.2) is 18.3 Å². The lowest BCUT2D eigenvalue weighted by Gasteiger charge is -2.35. The normalized spacial score (nSPS) is 21.5. The summed E-state index contributed by atoms with van der Waals surface area (Å²) >= 11 is 0. The lowest BCUT2D eigenvalue weighted by molar-refractivity contribution is 0.0855. The van der Waals surface area contributed by atoms with Crippen molar-refractivity contribution in [1.82, 2.24) is 25.0 Å². The van der Waals surface area contributed by atoms with Gasteiger partial charge >= 0.3 is 0 Å². The summed E-state index contributed by atoms with van der Waals surface area (Å²) in [5.41, 5.74) is 5.11. The summed E-state index contributed by atoms with van der Waals surface area (Å²) in [6.45, 7) is 6.13. The average molecular weight is 382 g/mol. The van der Waals surface area contributed by atoms with Crippen molar-refractivity contribution >= 4 is 16.9 Å². The van der Waals surface area contributed by atoms with Crippen LogP contribution in [0.3, 0.4) is 0 Å². The van der Waals surface area contributed by atoms with Gasteiger partial charge < -0.3 is 14.4 Å². The summed E-state index contributed by atoms with van der Waals surface area (Å²) < 4.78 is 13.2. The number of rotatable bonds is 3. The van der Waals surface area contributed by atoms with Gasteiger partial charge in [-0.25, -0.2) is 4.98 Å². The third-order valence-electron chi connectivity index (χ3n) is 5.89. The molecule has 28 heavy (non-hydrogen) atoms. The van der Waals surface area contributed by atoms with Gasteiger partial charge in [-0.05, 0) is 43.4 Å².